The number of hydrogen-bond donors (Lipinski definition) is 1. The van der Waals surface area contributed by atoms with Crippen LogP contribution in [0.2, 0.25) is 0 Å². The fourth-order valence-electron chi connectivity index (χ4n) is 3.41. The van der Waals surface area contributed by atoms with Crippen LogP contribution in [0.15, 0.2) is 0 Å². The van der Waals surface area contributed by atoms with Gasteiger partial charge < -0.3 is 10.6 Å². The number of carbonyl (C=O) groups excluding carboxylic acids is 1. The fourth-order valence-corrected chi connectivity index (χ4v) is 3.41. The van der Waals surface area contributed by atoms with Crippen LogP contribution in [0.1, 0.15) is 72.1 Å². The molecular weight excluding hydrogens is 248 g/mol. The number of rotatable bonds is 7. The van der Waals surface area contributed by atoms with Gasteiger partial charge in [-0.15, -0.1) is 0 Å². The summed E-state index contributed by atoms with van der Waals surface area (Å²) in [4.78, 5) is 14.7. The molecule has 0 aromatic carbocycles. The van der Waals surface area contributed by atoms with Crippen molar-refractivity contribution < 1.29 is 4.79 Å². The Balaban J connectivity index is 2.50. The third-order valence-corrected chi connectivity index (χ3v) is 4.88. The molecule has 1 amide bonds. The van der Waals surface area contributed by atoms with E-state index >= 15 is 0 Å². The van der Waals surface area contributed by atoms with Gasteiger partial charge in [0.2, 0.25) is 5.91 Å². The molecule has 3 nitrogen and oxygen atoms in total. The maximum Gasteiger partial charge on any atom is 0.222 e. The molecule has 2 unspecified atom stereocenters. The van der Waals surface area contributed by atoms with Gasteiger partial charge in [-0.3, -0.25) is 4.79 Å². The lowest BCUT2D eigenvalue weighted by Crippen LogP contribution is -2.39. The summed E-state index contributed by atoms with van der Waals surface area (Å²) in [6.07, 6.45) is 8.79. The van der Waals surface area contributed by atoms with Crippen LogP contribution in [0.5, 0.6) is 0 Å². The maximum atomic E-state index is 12.5. The lowest BCUT2D eigenvalue weighted by molar-refractivity contribution is -0.134. The van der Waals surface area contributed by atoms with Crippen molar-refractivity contribution in [3.05, 3.63) is 0 Å². The van der Waals surface area contributed by atoms with Crippen molar-refractivity contribution in [1.82, 2.24) is 4.90 Å². The highest BCUT2D eigenvalue weighted by Crippen LogP contribution is 2.24. The summed E-state index contributed by atoms with van der Waals surface area (Å²) in [5.41, 5.74) is 5.69. The highest BCUT2D eigenvalue weighted by atomic mass is 16.2. The summed E-state index contributed by atoms with van der Waals surface area (Å²) in [6.45, 7) is 8.40. The number of hydrogen-bond acceptors (Lipinski definition) is 2. The summed E-state index contributed by atoms with van der Waals surface area (Å²) in [7, 11) is 0. The van der Waals surface area contributed by atoms with Crippen molar-refractivity contribution in [1.29, 1.82) is 0 Å². The number of amides is 1. The largest absolute Gasteiger partial charge is 0.340 e. The predicted octanol–water partition coefficient (Wildman–Crippen LogP) is 3.57. The van der Waals surface area contributed by atoms with Crippen molar-refractivity contribution in [2.24, 2.45) is 17.6 Å². The van der Waals surface area contributed by atoms with E-state index in [1.165, 1.54) is 25.7 Å². The van der Waals surface area contributed by atoms with Gasteiger partial charge in [0.1, 0.15) is 0 Å². The molecule has 1 aliphatic heterocycles. The summed E-state index contributed by atoms with van der Waals surface area (Å²) in [6, 6.07) is 0.483. The highest BCUT2D eigenvalue weighted by Gasteiger charge is 2.24. The van der Waals surface area contributed by atoms with E-state index in [9.17, 15) is 4.79 Å². The zero-order chi connectivity index (χ0) is 15.0. The normalized spacial score (nSPS) is 21.9. The minimum atomic E-state index is 0.376. The molecule has 1 saturated heterocycles. The number of likely N-dealkylation sites (tertiary alicyclic amines) is 1. The summed E-state index contributed by atoms with van der Waals surface area (Å²) >= 11 is 0. The molecule has 0 spiro atoms. The van der Waals surface area contributed by atoms with Crippen LogP contribution >= 0.6 is 0 Å². The van der Waals surface area contributed by atoms with Crippen LogP contribution in [0.4, 0.5) is 0 Å². The summed E-state index contributed by atoms with van der Waals surface area (Å²) in [5, 5.41) is 0. The third kappa shape index (κ3) is 5.43. The molecule has 0 aromatic heterocycles. The molecule has 0 radical (unpaired) electrons. The first-order chi connectivity index (χ1) is 9.60. The minimum Gasteiger partial charge on any atom is -0.340 e. The van der Waals surface area contributed by atoms with Gasteiger partial charge in [0, 0.05) is 19.0 Å². The van der Waals surface area contributed by atoms with Gasteiger partial charge in [-0.25, -0.2) is 0 Å². The SMILES string of the molecule is CCC1CCCCCN1C(=O)CCC(CCN)C(C)C. The van der Waals surface area contributed by atoms with Crippen LogP contribution in [0.3, 0.4) is 0 Å². The number of nitrogens with zero attached hydrogens (tertiary/aromatic N) is 1. The highest BCUT2D eigenvalue weighted by molar-refractivity contribution is 5.76. The number of nitrogens with two attached hydrogens (primary N) is 1. The Bertz CT molecular complexity index is 278. The Morgan fingerprint density at radius 3 is 2.60 bits per heavy atom. The van der Waals surface area contributed by atoms with E-state index in [0.717, 1.165) is 32.4 Å². The van der Waals surface area contributed by atoms with Crippen LogP contribution in [-0.2, 0) is 4.79 Å². The average Bonchev–Trinajstić information content (AvgIpc) is 2.67. The van der Waals surface area contributed by atoms with Crippen LogP contribution in [-0.4, -0.2) is 29.9 Å². The Labute approximate surface area is 125 Å². The first kappa shape index (κ1) is 17.5. The molecule has 2 N–H and O–H groups in total. The van der Waals surface area contributed by atoms with Crippen molar-refractivity contribution in [2.75, 3.05) is 13.1 Å². The first-order valence-corrected chi connectivity index (χ1v) is 8.59. The van der Waals surface area contributed by atoms with Crippen molar-refractivity contribution in [3.8, 4) is 0 Å². The quantitative estimate of drug-likeness (QED) is 0.776. The molecule has 1 heterocycles. The second-order valence-electron chi connectivity index (χ2n) is 6.62. The Morgan fingerprint density at radius 2 is 2.00 bits per heavy atom. The first-order valence-electron chi connectivity index (χ1n) is 8.59. The molecule has 118 valence electrons. The van der Waals surface area contributed by atoms with E-state index in [1.807, 2.05) is 0 Å². The lowest BCUT2D eigenvalue weighted by Gasteiger charge is -2.30. The van der Waals surface area contributed by atoms with Gasteiger partial charge >= 0.3 is 0 Å². The van der Waals surface area contributed by atoms with Gasteiger partial charge in [0.25, 0.3) is 0 Å². The molecule has 1 aliphatic rings. The molecule has 1 fully saturated rings. The van der Waals surface area contributed by atoms with E-state index in [4.69, 9.17) is 5.73 Å². The van der Waals surface area contributed by atoms with E-state index < -0.39 is 0 Å². The molecular formula is C17H34N2O. The van der Waals surface area contributed by atoms with Crippen LogP contribution in [0.25, 0.3) is 0 Å². The molecule has 0 bridgehead atoms. The minimum absolute atomic E-state index is 0.376. The molecule has 0 aliphatic carbocycles. The molecule has 3 heteroatoms. The van der Waals surface area contributed by atoms with Gasteiger partial charge in [-0.05, 0) is 50.5 Å². The van der Waals surface area contributed by atoms with Gasteiger partial charge in [-0.2, -0.15) is 0 Å². The van der Waals surface area contributed by atoms with Crippen molar-refractivity contribution in [2.45, 2.75) is 78.2 Å². The van der Waals surface area contributed by atoms with Crippen molar-refractivity contribution in [3.63, 3.8) is 0 Å². The number of carbonyl (C=O) groups is 1. The molecule has 0 saturated carbocycles. The third-order valence-electron chi connectivity index (χ3n) is 4.88. The molecule has 2 atom stereocenters. The second kappa shape index (κ2) is 9.38. The maximum absolute atomic E-state index is 12.5. The molecule has 20 heavy (non-hydrogen) atoms. The molecule has 0 aromatic rings. The van der Waals surface area contributed by atoms with Gasteiger partial charge in [0.05, 0.1) is 0 Å². The smallest absolute Gasteiger partial charge is 0.222 e. The summed E-state index contributed by atoms with van der Waals surface area (Å²) in [5.74, 6) is 1.59. The Hall–Kier alpha value is -0.570. The van der Waals surface area contributed by atoms with Crippen LogP contribution < -0.4 is 5.73 Å². The van der Waals surface area contributed by atoms with Crippen molar-refractivity contribution >= 4 is 5.91 Å². The van der Waals surface area contributed by atoms with E-state index in [0.29, 0.717) is 30.2 Å². The lowest BCUT2D eigenvalue weighted by atomic mass is 9.88. The molecule has 1 rings (SSSR count). The van der Waals surface area contributed by atoms with E-state index in [-0.39, 0.29) is 0 Å². The zero-order valence-electron chi connectivity index (χ0n) is 13.7. The van der Waals surface area contributed by atoms with Gasteiger partial charge in [0.15, 0.2) is 0 Å². The topological polar surface area (TPSA) is 46.3 Å². The summed E-state index contributed by atoms with van der Waals surface area (Å²) < 4.78 is 0. The standard InChI is InChI=1S/C17H34N2O/c1-4-16-8-6-5-7-13-19(16)17(20)10-9-15(11-12-18)14(2)3/h14-16H,4-13,18H2,1-3H3. The fraction of sp³-hybridized carbons (Fsp3) is 0.941. The zero-order valence-corrected chi connectivity index (χ0v) is 13.7. The average molecular weight is 282 g/mol. The predicted molar refractivity (Wildman–Crippen MR) is 85.5 cm³/mol. The van der Waals surface area contributed by atoms with Crippen LogP contribution in [0, 0.1) is 11.8 Å². The van der Waals surface area contributed by atoms with Gasteiger partial charge in [-0.1, -0.05) is 33.6 Å². The second-order valence-corrected chi connectivity index (χ2v) is 6.62. The monoisotopic (exact) mass is 282 g/mol. The van der Waals surface area contributed by atoms with E-state index in [1.54, 1.807) is 0 Å². The Kier molecular flexibility index (Phi) is 8.20. The van der Waals surface area contributed by atoms with E-state index in [2.05, 4.69) is 25.7 Å². The Morgan fingerprint density at radius 1 is 1.25 bits per heavy atom.